The molecule has 1 saturated carbocycles. The van der Waals surface area contributed by atoms with Crippen molar-refractivity contribution in [3.63, 3.8) is 0 Å². The van der Waals surface area contributed by atoms with Gasteiger partial charge in [-0.3, -0.25) is 0 Å². The van der Waals surface area contributed by atoms with E-state index in [1.807, 2.05) is 12.1 Å². The van der Waals surface area contributed by atoms with Gasteiger partial charge in [-0.2, -0.15) is 0 Å². The van der Waals surface area contributed by atoms with Crippen molar-refractivity contribution in [2.24, 2.45) is 5.41 Å². The molecule has 0 amide bonds. The SMILES string of the molecule is O=S(=O)(NCC1(Cc2ccc(CCO)cc2)CCCC1)c1ccc(F)cc1. The molecule has 2 aromatic rings. The molecule has 1 aliphatic rings. The molecule has 146 valence electrons. The van der Waals surface area contributed by atoms with Crippen molar-refractivity contribution >= 4 is 10.0 Å². The number of benzene rings is 2. The van der Waals surface area contributed by atoms with Crippen molar-refractivity contribution in [2.45, 2.75) is 43.4 Å². The summed E-state index contributed by atoms with van der Waals surface area (Å²) in [6, 6.07) is 13.1. The highest BCUT2D eigenvalue weighted by Crippen LogP contribution is 2.40. The molecule has 0 bridgehead atoms. The third-order valence-electron chi connectivity index (χ3n) is 5.43. The Morgan fingerprint density at radius 3 is 2.15 bits per heavy atom. The van der Waals surface area contributed by atoms with Crippen molar-refractivity contribution < 1.29 is 17.9 Å². The van der Waals surface area contributed by atoms with E-state index in [9.17, 15) is 12.8 Å². The molecule has 0 spiro atoms. The average molecular weight is 392 g/mol. The minimum atomic E-state index is -3.65. The molecule has 0 heterocycles. The van der Waals surface area contributed by atoms with Crippen LogP contribution in [-0.4, -0.2) is 26.7 Å². The summed E-state index contributed by atoms with van der Waals surface area (Å²) in [4.78, 5) is 0.0883. The summed E-state index contributed by atoms with van der Waals surface area (Å²) in [5, 5.41) is 9.03. The van der Waals surface area contributed by atoms with E-state index in [-0.39, 0.29) is 16.9 Å². The summed E-state index contributed by atoms with van der Waals surface area (Å²) < 4.78 is 40.9. The van der Waals surface area contributed by atoms with Gasteiger partial charge in [-0.25, -0.2) is 17.5 Å². The predicted molar refractivity (Wildman–Crippen MR) is 103 cm³/mol. The largest absolute Gasteiger partial charge is 0.396 e. The number of hydrogen-bond donors (Lipinski definition) is 2. The predicted octanol–water partition coefficient (Wildman–Crippen LogP) is 3.44. The molecule has 3 rings (SSSR count). The molecular weight excluding hydrogens is 365 g/mol. The van der Waals surface area contributed by atoms with Crippen LogP contribution in [0.4, 0.5) is 4.39 Å². The normalized spacial score (nSPS) is 16.5. The Morgan fingerprint density at radius 1 is 0.963 bits per heavy atom. The molecule has 27 heavy (non-hydrogen) atoms. The minimum Gasteiger partial charge on any atom is -0.396 e. The lowest BCUT2D eigenvalue weighted by Crippen LogP contribution is -2.37. The molecule has 0 aliphatic heterocycles. The zero-order valence-electron chi connectivity index (χ0n) is 15.3. The lowest BCUT2D eigenvalue weighted by molar-refractivity contribution is 0.294. The molecule has 0 radical (unpaired) electrons. The molecule has 2 aromatic carbocycles. The highest BCUT2D eigenvalue weighted by Gasteiger charge is 2.35. The Kier molecular flexibility index (Phi) is 6.29. The number of rotatable bonds is 8. The summed E-state index contributed by atoms with van der Waals surface area (Å²) in [6.07, 6.45) is 5.62. The van der Waals surface area contributed by atoms with Gasteiger partial charge in [0.1, 0.15) is 5.82 Å². The highest BCUT2D eigenvalue weighted by atomic mass is 32.2. The van der Waals surface area contributed by atoms with Crippen molar-refractivity contribution in [3.8, 4) is 0 Å². The van der Waals surface area contributed by atoms with Gasteiger partial charge in [0.05, 0.1) is 4.90 Å². The van der Waals surface area contributed by atoms with E-state index in [0.717, 1.165) is 49.8 Å². The second-order valence-electron chi connectivity index (χ2n) is 7.45. The Balaban J connectivity index is 1.70. The molecule has 6 heteroatoms. The Morgan fingerprint density at radius 2 is 1.56 bits per heavy atom. The molecule has 0 saturated heterocycles. The maximum atomic E-state index is 13.1. The van der Waals surface area contributed by atoms with Crippen LogP contribution in [-0.2, 0) is 22.9 Å². The van der Waals surface area contributed by atoms with Gasteiger partial charge in [-0.1, -0.05) is 37.1 Å². The van der Waals surface area contributed by atoms with E-state index < -0.39 is 15.8 Å². The van der Waals surface area contributed by atoms with Crippen LogP contribution in [0.5, 0.6) is 0 Å². The first-order chi connectivity index (χ1) is 12.9. The summed E-state index contributed by atoms with van der Waals surface area (Å²) in [7, 11) is -3.65. The third kappa shape index (κ3) is 5.15. The van der Waals surface area contributed by atoms with Crippen LogP contribution in [0.15, 0.2) is 53.4 Å². The van der Waals surface area contributed by atoms with Crippen LogP contribution in [0.1, 0.15) is 36.8 Å². The van der Waals surface area contributed by atoms with Crippen LogP contribution < -0.4 is 4.72 Å². The van der Waals surface area contributed by atoms with Gasteiger partial charge in [-0.15, -0.1) is 0 Å². The Labute approximate surface area is 160 Å². The zero-order valence-corrected chi connectivity index (χ0v) is 16.1. The summed E-state index contributed by atoms with van der Waals surface area (Å²) in [5.74, 6) is -0.453. The van der Waals surface area contributed by atoms with Gasteiger partial charge < -0.3 is 5.11 Å². The number of aliphatic hydroxyl groups excluding tert-OH is 1. The van der Waals surface area contributed by atoms with E-state index in [1.165, 1.54) is 17.7 Å². The summed E-state index contributed by atoms with van der Waals surface area (Å²) >= 11 is 0. The summed E-state index contributed by atoms with van der Waals surface area (Å²) in [6.45, 7) is 0.513. The van der Waals surface area contributed by atoms with Crippen molar-refractivity contribution in [2.75, 3.05) is 13.2 Å². The van der Waals surface area contributed by atoms with Crippen LogP contribution in [0.3, 0.4) is 0 Å². The Hall–Kier alpha value is -1.76. The van der Waals surface area contributed by atoms with Gasteiger partial charge in [0.25, 0.3) is 0 Å². The maximum absolute atomic E-state index is 13.1. The average Bonchev–Trinajstić information content (AvgIpc) is 3.11. The van der Waals surface area contributed by atoms with Gasteiger partial charge in [0.15, 0.2) is 0 Å². The van der Waals surface area contributed by atoms with Gasteiger partial charge in [0, 0.05) is 13.2 Å². The third-order valence-corrected chi connectivity index (χ3v) is 6.85. The second-order valence-corrected chi connectivity index (χ2v) is 9.22. The van der Waals surface area contributed by atoms with Gasteiger partial charge in [-0.05, 0) is 66.5 Å². The number of hydrogen-bond acceptors (Lipinski definition) is 3. The van der Waals surface area contributed by atoms with Crippen molar-refractivity contribution in [3.05, 3.63) is 65.5 Å². The number of nitrogens with one attached hydrogen (secondary N) is 1. The van der Waals surface area contributed by atoms with Crippen molar-refractivity contribution in [1.29, 1.82) is 0 Å². The molecule has 0 aromatic heterocycles. The van der Waals surface area contributed by atoms with Crippen LogP contribution in [0.25, 0.3) is 0 Å². The smallest absolute Gasteiger partial charge is 0.240 e. The quantitative estimate of drug-likeness (QED) is 0.724. The first kappa shape index (κ1) is 20.0. The fourth-order valence-corrected chi connectivity index (χ4v) is 5.03. The fourth-order valence-electron chi connectivity index (χ4n) is 3.87. The first-order valence-corrected chi connectivity index (χ1v) is 10.8. The fraction of sp³-hybridized carbons (Fsp3) is 0.429. The Bertz CT molecular complexity index is 842. The first-order valence-electron chi connectivity index (χ1n) is 9.36. The van der Waals surface area contributed by atoms with E-state index >= 15 is 0 Å². The number of halogens is 1. The van der Waals surface area contributed by atoms with E-state index in [4.69, 9.17) is 5.11 Å². The lowest BCUT2D eigenvalue weighted by Gasteiger charge is -2.29. The maximum Gasteiger partial charge on any atom is 0.240 e. The number of aliphatic hydroxyl groups is 1. The molecule has 4 nitrogen and oxygen atoms in total. The summed E-state index contributed by atoms with van der Waals surface area (Å²) in [5.41, 5.74) is 2.18. The number of sulfonamides is 1. The van der Waals surface area contributed by atoms with Crippen molar-refractivity contribution in [1.82, 2.24) is 4.72 Å². The molecular formula is C21H26FNO3S. The highest BCUT2D eigenvalue weighted by molar-refractivity contribution is 7.89. The zero-order chi connectivity index (χ0) is 19.3. The molecule has 0 atom stereocenters. The van der Waals surface area contributed by atoms with Crippen LogP contribution in [0.2, 0.25) is 0 Å². The topological polar surface area (TPSA) is 66.4 Å². The molecule has 0 unspecified atom stereocenters. The minimum absolute atomic E-state index is 0.0883. The molecule has 1 aliphatic carbocycles. The molecule has 1 fully saturated rings. The monoisotopic (exact) mass is 391 g/mol. The second kappa shape index (κ2) is 8.50. The van der Waals surface area contributed by atoms with E-state index in [0.29, 0.717) is 13.0 Å². The van der Waals surface area contributed by atoms with E-state index in [1.54, 1.807) is 0 Å². The lowest BCUT2D eigenvalue weighted by atomic mass is 9.80. The standard InChI is InChI=1S/C21H26FNO3S/c22-19-7-9-20(10-8-19)27(25,26)23-16-21(12-1-2-13-21)15-18-5-3-17(4-6-18)11-14-24/h3-10,23-24H,1-2,11-16H2. The van der Waals surface area contributed by atoms with Crippen LogP contribution in [0, 0.1) is 11.2 Å². The van der Waals surface area contributed by atoms with Crippen LogP contribution >= 0.6 is 0 Å². The van der Waals surface area contributed by atoms with E-state index in [2.05, 4.69) is 16.9 Å². The van der Waals surface area contributed by atoms with Gasteiger partial charge in [0.2, 0.25) is 10.0 Å². The van der Waals surface area contributed by atoms with Gasteiger partial charge >= 0.3 is 0 Å². The molecule has 2 N–H and O–H groups in total.